The number of rotatable bonds is 6. The van der Waals surface area contributed by atoms with Crippen LogP contribution in [0.2, 0.25) is 5.02 Å². The number of nitrogens with zero attached hydrogens (tertiary/aromatic N) is 1. The van der Waals surface area contributed by atoms with E-state index in [9.17, 15) is 21.6 Å². The molecule has 0 aliphatic heterocycles. The van der Waals surface area contributed by atoms with Crippen molar-refractivity contribution < 1.29 is 21.6 Å². The Hall–Kier alpha value is -2.30. The molecular formula is C17H13ClF3N3O2S2. The number of aromatic nitrogens is 1. The van der Waals surface area contributed by atoms with Gasteiger partial charge in [0.05, 0.1) is 15.6 Å². The third-order valence-corrected chi connectivity index (χ3v) is 6.13. The number of nitrogens with one attached hydrogen (secondary N) is 2. The van der Waals surface area contributed by atoms with Crippen LogP contribution in [0.5, 0.6) is 0 Å². The largest absolute Gasteiger partial charge is 0.412 e. The highest BCUT2D eigenvalue weighted by molar-refractivity contribution is 7.93. The average molecular weight is 448 g/mol. The van der Waals surface area contributed by atoms with E-state index in [2.05, 4.69) is 15.0 Å². The molecule has 0 aliphatic carbocycles. The van der Waals surface area contributed by atoms with E-state index in [1.54, 1.807) is 11.4 Å². The van der Waals surface area contributed by atoms with E-state index in [1.165, 1.54) is 42.6 Å². The van der Waals surface area contributed by atoms with Crippen molar-refractivity contribution in [1.29, 1.82) is 0 Å². The van der Waals surface area contributed by atoms with Gasteiger partial charge in [-0.1, -0.05) is 41.9 Å². The molecule has 0 radical (unpaired) electrons. The summed E-state index contributed by atoms with van der Waals surface area (Å²) in [7, 11) is -3.97. The van der Waals surface area contributed by atoms with Crippen LogP contribution in [0.4, 0.5) is 24.0 Å². The van der Waals surface area contributed by atoms with Crippen LogP contribution in [0, 0.1) is 0 Å². The summed E-state index contributed by atoms with van der Waals surface area (Å²) in [5, 5.41) is 3.95. The minimum Gasteiger partial charge on any atom is -0.369 e. The van der Waals surface area contributed by atoms with Crippen LogP contribution in [0.3, 0.4) is 0 Å². The standard InChI is InChI=1S/C17H13ClF3N3O2S2/c18-13-10-12(28(25,26)24-16-22-8-9-27-16)6-7-14(13)23-15(17(19,20)21)11-4-2-1-3-5-11/h1-10,15,23H,(H,22,24)/t15-/m1/s1. The van der Waals surface area contributed by atoms with E-state index in [0.717, 1.165) is 17.4 Å². The molecule has 0 spiro atoms. The molecule has 1 atom stereocenters. The molecule has 11 heteroatoms. The second kappa shape index (κ2) is 7.98. The van der Waals surface area contributed by atoms with Crippen LogP contribution >= 0.6 is 22.9 Å². The second-order valence-corrected chi connectivity index (χ2v) is 8.60. The van der Waals surface area contributed by atoms with Gasteiger partial charge in [0.15, 0.2) is 5.13 Å². The molecule has 0 saturated heterocycles. The first-order valence-corrected chi connectivity index (χ1v) is 10.5. The fourth-order valence-electron chi connectivity index (χ4n) is 2.38. The van der Waals surface area contributed by atoms with Crippen LogP contribution in [0.25, 0.3) is 0 Å². The minimum atomic E-state index is -4.58. The van der Waals surface area contributed by atoms with E-state index in [-0.39, 0.29) is 26.3 Å². The highest BCUT2D eigenvalue weighted by Crippen LogP contribution is 2.37. The van der Waals surface area contributed by atoms with Crippen molar-refractivity contribution in [3.63, 3.8) is 0 Å². The number of anilines is 2. The normalized spacial score (nSPS) is 13.1. The number of halogens is 4. The summed E-state index contributed by atoms with van der Waals surface area (Å²) >= 11 is 7.15. The Labute approximate surface area is 168 Å². The molecule has 3 rings (SSSR count). The molecule has 28 heavy (non-hydrogen) atoms. The molecule has 0 unspecified atom stereocenters. The average Bonchev–Trinajstić information content (AvgIpc) is 3.12. The summed E-state index contributed by atoms with van der Waals surface area (Å²) in [4.78, 5) is 3.63. The van der Waals surface area contributed by atoms with Crippen molar-refractivity contribution in [1.82, 2.24) is 4.98 Å². The van der Waals surface area contributed by atoms with Crippen LogP contribution in [0.15, 0.2) is 65.0 Å². The fraction of sp³-hybridized carbons (Fsp3) is 0.118. The molecule has 0 bridgehead atoms. The lowest BCUT2D eigenvalue weighted by Gasteiger charge is -2.24. The fourth-order valence-corrected chi connectivity index (χ4v) is 4.50. The van der Waals surface area contributed by atoms with Crippen LogP contribution in [-0.4, -0.2) is 19.6 Å². The molecule has 5 nitrogen and oxygen atoms in total. The molecule has 0 amide bonds. The summed E-state index contributed by atoms with van der Waals surface area (Å²) in [5.41, 5.74) is -0.0331. The van der Waals surface area contributed by atoms with Gasteiger partial charge in [-0.05, 0) is 23.8 Å². The first-order chi connectivity index (χ1) is 13.2. The maximum atomic E-state index is 13.5. The van der Waals surface area contributed by atoms with Gasteiger partial charge in [0.2, 0.25) is 0 Å². The first-order valence-electron chi connectivity index (χ1n) is 7.77. The molecule has 2 aromatic carbocycles. The molecule has 148 valence electrons. The third kappa shape index (κ3) is 4.75. The minimum absolute atomic E-state index is 0.00759. The van der Waals surface area contributed by atoms with Crippen LogP contribution < -0.4 is 10.0 Å². The van der Waals surface area contributed by atoms with E-state index in [0.29, 0.717) is 0 Å². The number of sulfonamides is 1. The molecule has 0 saturated carbocycles. The van der Waals surface area contributed by atoms with Gasteiger partial charge in [0.25, 0.3) is 10.0 Å². The Morgan fingerprint density at radius 1 is 1.11 bits per heavy atom. The van der Waals surface area contributed by atoms with Crippen LogP contribution in [-0.2, 0) is 10.0 Å². The van der Waals surface area contributed by atoms with Gasteiger partial charge >= 0.3 is 6.18 Å². The predicted molar refractivity (Wildman–Crippen MR) is 103 cm³/mol. The van der Waals surface area contributed by atoms with Crippen molar-refractivity contribution in [3.8, 4) is 0 Å². The molecular weight excluding hydrogens is 435 g/mol. The van der Waals surface area contributed by atoms with Gasteiger partial charge < -0.3 is 5.32 Å². The maximum Gasteiger partial charge on any atom is 0.412 e. The Bertz CT molecular complexity index is 1040. The molecule has 0 fully saturated rings. The lowest BCUT2D eigenvalue weighted by atomic mass is 10.1. The monoisotopic (exact) mass is 447 g/mol. The Morgan fingerprint density at radius 3 is 2.39 bits per heavy atom. The summed E-state index contributed by atoms with van der Waals surface area (Å²) in [6.07, 6.45) is -3.15. The van der Waals surface area contributed by atoms with Gasteiger partial charge in [-0.25, -0.2) is 13.4 Å². The molecule has 2 N–H and O–H groups in total. The smallest absolute Gasteiger partial charge is 0.369 e. The zero-order valence-corrected chi connectivity index (χ0v) is 16.3. The van der Waals surface area contributed by atoms with Crippen molar-refractivity contribution >= 4 is 43.8 Å². The summed E-state index contributed by atoms with van der Waals surface area (Å²) in [5.74, 6) is 0. The van der Waals surface area contributed by atoms with E-state index < -0.39 is 22.2 Å². The lowest BCUT2D eigenvalue weighted by Crippen LogP contribution is -2.28. The molecule has 1 heterocycles. The summed E-state index contributed by atoms with van der Waals surface area (Å²) in [6.45, 7) is 0. The summed E-state index contributed by atoms with van der Waals surface area (Å²) in [6, 6.07) is 8.74. The van der Waals surface area contributed by atoms with Gasteiger partial charge in [-0.15, -0.1) is 11.3 Å². The number of hydrogen-bond donors (Lipinski definition) is 2. The number of alkyl halides is 3. The number of benzene rings is 2. The van der Waals surface area contributed by atoms with Gasteiger partial charge in [0.1, 0.15) is 6.04 Å². The molecule has 0 aliphatic rings. The van der Waals surface area contributed by atoms with E-state index in [4.69, 9.17) is 11.6 Å². The van der Waals surface area contributed by atoms with Crippen molar-refractivity contribution in [3.05, 3.63) is 70.7 Å². The van der Waals surface area contributed by atoms with E-state index in [1.807, 2.05) is 0 Å². The van der Waals surface area contributed by atoms with Crippen molar-refractivity contribution in [2.45, 2.75) is 17.1 Å². The maximum absolute atomic E-state index is 13.5. The highest BCUT2D eigenvalue weighted by atomic mass is 35.5. The van der Waals surface area contributed by atoms with E-state index >= 15 is 0 Å². The van der Waals surface area contributed by atoms with Gasteiger partial charge in [0, 0.05) is 11.6 Å². The van der Waals surface area contributed by atoms with Crippen molar-refractivity contribution in [2.24, 2.45) is 0 Å². The molecule has 1 aromatic heterocycles. The Morgan fingerprint density at radius 2 is 1.82 bits per heavy atom. The molecule has 3 aromatic rings. The summed E-state index contributed by atoms with van der Waals surface area (Å²) < 4.78 is 67.5. The second-order valence-electron chi connectivity index (χ2n) is 5.61. The third-order valence-electron chi connectivity index (χ3n) is 3.66. The first kappa shape index (κ1) is 20.4. The SMILES string of the molecule is O=S(=O)(Nc1nccs1)c1ccc(N[C@H](c2ccccc2)C(F)(F)F)c(Cl)c1. The van der Waals surface area contributed by atoms with Gasteiger partial charge in [-0.2, -0.15) is 13.2 Å². The number of thiazole rings is 1. The van der Waals surface area contributed by atoms with Crippen LogP contribution in [0.1, 0.15) is 11.6 Å². The topological polar surface area (TPSA) is 71.1 Å². The lowest BCUT2D eigenvalue weighted by molar-refractivity contribution is -0.144. The van der Waals surface area contributed by atoms with Crippen molar-refractivity contribution in [2.75, 3.05) is 10.0 Å². The Kier molecular flexibility index (Phi) is 5.82. The highest BCUT2D eigenvalue weighted by Gasteiger charge is 2.41. The zero-order chi connectivity index (χ0) is 20.4. The van der Waals surface area contributed by atoms with Gasteiger partial charge in [-0.3, -0.25) is 4.72 Å². The number of hydrogen-bond acceptors (Lipinski definition) is 5. The zero-order valence-electron chi connectivity index (χ0n) is 13.9. The quantitative estimate of drug-likeness (QED) is 0.537. The predicted octanol–water partition coefficient (Wildman–Crippen LogP) is 5.31. The Balaban J connectivity index is 1.87.